The van der Waals surface area contributed by atoms with E-state index in [2.05, 4.69) is 5.32 Å². The Morgan fingerprint density at radius 2 is 1.90 bits per heavy atom. The average molecular weight is 431 g/mol. The van der Waals surface area contributed by atoms with Gasteiger partial charge in [-0.1, -0.05) is 0 Å². The number of fused-ring (bicyclic) bond motifs is 1. The highest BCUT2D eigenvalue weighted by atomic mass is 19.4. The van der Waals surface area contributed by atoms with Gasteiger partial charge in [0, 0.05) is 31.4 Å². The van der Waals surface area contributed by atoms with E-state index in [-0.39, 0.29) is 29.0 Å². The van der Waals surface area contributed by atoms with E-state index in [0.717, 1.165) is 6.07 Å². The van der Waals surface area contributed by atoms with Gasteiger partial charge in [-0.2, -0.15) is 13.2 Å². The van der Waals surface area contributed by atoms with Crippen molar-refractivity contribution >= 4 is 22.6 Å². The van der Waals surface area contributed by atoms with Crippen LogP contribution in [0, 0.1) is 5.82 Å². The molecule has 1 aromatic heterocycles. The van der Waals surface area contributed by atoms with Crippen molar-refractivity contribution in [2.45, 2.75) is 38.7 Å². The van der Waals surface area contributed by atoms with Crippen molar-refractivity contribution in [1.29, 1.82) is 0 Å². The molecule has 7 nitrogen and oxygen atoms in total. The molecule has 1 saturated heterocycles. The molecule has 164 valence electrons. The number of piperazine rings is 1. The third-order valence-corrected chi connectivity index (χ3v) is 4.90. The molecule has 11 heteroatoms. The molecule has 1 aromatic carbocycles. The second-order valence-electron chi connectivity index (χ2n) is 7.43. The van der Waals surface area contributed by atoms with E-state index < -0.39 is 40.9 Å². The monoisotopic (exact) mass is 431 g/mol. The molecule has 2 aromatic rings. The van der Waals surface area contributed by atoms with Gasteiger partial charge in [-0.3, -0.25) is 4.79 Å². The molecule has 1 aliphatic heterocycles. The Kier molecular flexibility index (Phi) is 5.68. The summed E-state index contributed by atoms with van der Waals surface area (Å²) in [5, 5.41) is 12.0. The number of hydrogen-bond acceptors (Lipinski definition) is 5. The number of alkyl halides is 3. The third kappa shape index (κ3) is 4.07. The number of halogens is 4. The maximum Gasteiger partial charge on any atom is 0.406 e. The Morgan fingerprint density at radius 3 is 2.40 bits per heavy atom. The molecule has 2 N–H and O–H groups in total. The first-order chi connectivity index (χ1) is 13.9. The number of nitrogens with zero attached hydrogens (tertiary/aromatic N) is 2. The van der Waals surface area contributed by atoms with Crippen LogP contribution in [-0.4, -0.2) is 54.1 Å². The van der Waals surface area contributed by atoms with Crippen LogP contribution in [-0.2, 0) is 6.54 Å². The van der Waals surface area contributed by atoms with Crippen LogP contribution < -0.4 is 20.4 Å². The largest absolute Gasteiger partial charge is 0.492 e. The van der Waals surface area contributed by atoms with Gasteiger partial charge in [0.05, 0.1) is 18.0 Å². The number of nitrogens with one attached hydrogen (secondary N) is 1. The van der Waals surface area contributed by atoms with Crippen LogP contribution in [0.15, 0.2) is 17.1 Å². The summed E-state index contributed by atoms with van der Waals surface area (Å²) in [6.07, 6.45) is -4.09. The van der Waals surface area contributed by atoms with E-state index >= 15 is 4.39 Å². The summed E-state index contributed by atoms with van der Waals surface area (Å²) in [6.45, 7) is 2.92. The molecule has 30 heavy (non-hydrogen) atoms. The van der Waals surface area contributed by atoms with Crippen LogP contribution in [0.25, 0.3) is 10.9 Å². The highest BCUT2D eigenvalue weighted by Gasteiger charge is 2.33. The number of anilines is 1. The summed E-state index contributed by atoms with van der Waals surface area (Å²) in [5.41, 5.74) is -2.34. The number of methoxy groups -OCH3 is 1. The Morgan fingerprint density at radius 1 is 1.30 bits per heavy atom. The Balaban J connectivity index is 2.37. The SMILES string of the molecule is COc1c(N2CC(C)NC(C)C2)c(F)cc2c(=O)c(C(=O)O)cn(CC(F)(F)F)c12. The number of aromatic carboxylic acids is 1. The van der Waals surface area contributed by atoms with Gasteiger partial charge >= 0.3 is 12.1 Å². The van der Waals surface area contributed by atoms with Gasteiger partial charge in [0.1, 0.15) is 17.8 Å². The fraction of sp³-hybridized carbons (Fsp3) is 0.474. The molecule has 2 unspecified atom stereocenters. The van der Waals surface area contributed by atoms with Gasteiger partial charge in [-0.25, -0.2) is 9.18 Å². The summed E-state index contributed by atoms with van der Waals surface area (Å²) >= 11 is 0. The van der Waals surface area contributed by atoms with Crippen molar-refractivity contribution in [3.05, 3.63) is 33.9 Å². The lowest BCUT2D eigenvalue weighted by Gasteiger charge is -2.38. The highest BCUT2D eigenvalue weighted by molar-refractivity contribution is 5.97. The molecule has 0 spiro atoms. The molecule has 3 rings (SSSR count). The van der Waals surface area contributed by atoms with Crippen molar-refractivity contribution in [2.75, 3.05) is 25.1 Å². The van der Waals surface area contributed by atoms with Gasteiger partial charge < -0.3 is 24.6 Å². The molecular formula is C19H21F4N3O4. The number of carboxylic acids is 1. The van der Waals surface area contributed by atoms with Gasteiger partial charge in [0.25, 0.3) is 0 Å². The first kappa shape index (κ1) is 21.9. The zero-order valence-electron chi connectivity index (χ0n) is 16.5. The van der Waals surface area contributed by atoms with Crippen LogP contribution in [0.4, 0.5) is 23.2 Å². The lowest BCUT2D eigenvalue weighted by molar-refractivity contribution is -0.140. The minimum absolute atomic E-state index is 0.0275. The van der Waals surface area contributed by atoms with Gasteiger partial charge in [-0.05, 0) is 19.9 Å². The molecule has 2 atom stereocenters. The molecule has 1 aliphatic rings. The predicted molar refractivity (Wildman–Crippen MR) is 102 cm³/mol. The van der Waals surface area contributed by atoms with Crippen molar-refractivity contribution in [3.8, 4) is 5.75 Å². The summed E-state index contributed by atoms with van der Waals surface area (Å²) in [4.78, 5) is 25.6. The van der Waals surface area contributed by atoms with Crippen molar-refractivity contribution in [1.82, 2.24) is 9.88 Å². The maximum absolute atomic E-state index is 15.1. The lowest BCUT2D eigenvalue weighted by Crippen LogP contribution is -2.54. The van der Waals surface area contributed by atoms with Crippen LogP contribution in [0.2, 0.25) is 0 Å². The average Bonchev–Trinajstić information content (AvgIpc) is 2.60. The van der Waals surface area contributed by atoms with Crippen molar-refractivity contribution in [2.24, 2.45) is 0 Å². The van der Waals surface area contributed by atoms with Crippen LogP contribution >= 0.6 is 0 Å². The number of ether oxygens (including phenoxy) is 1. The molecule has 0 aliphatic carbocycles. The minimum Gasteiger partial charge on any atom is -0.492 e. The Hall–Kier alpha value is -2.82. The van der Waals surface area contributed by atoms with E-state index in [1.165, 1.54) is 7.11 Å². The summed E-state index contributed by atoms with van der Waals surface area (Å²) in [5.74, 6) is -2.82. The van der Waals surface area contributed by atoms with Crippen LogP contribution in [0.5, 0.6) is 5.75 Å². The van der Waals surface area contributed by atoms with E-state index in [1.54, 1.807) is 4.90 Å². The summed E-state index contributed by atoms with van der Waals surface area (Å²) in [6, 6.07) is 0.729. The number of benzene rings is 1. The quantitative estimate of drug-likeness (QED) is 0.725. The second kappa shape index (κ2) is 7.78. The van der Waals surface area contributed by atoms with E-state index in [1.807, 2.05) is 13.8 Å². The number of carboxylic acid groups (broad SMARTS) is 1. The first-order valence-electron chi connectivity index (χ1n) is 9.17. The van der Waals surface area contributed by atoms with Gasteiger partial charge in [0.15, 0.2) is 11.6 Å². The maximum atomic E-state index is 15.1. The smallest absolute Gasteiger partial charge is 0.406 e. The predicted octanol–water partition coefficient (Wildman–Crippen LogP) is 2.60. The summed E-state index contributed by atoms with van der Waals surface area (Å²) in [7, 11) is 1.17. The summed E-state index contributed by atoms with van der Waals surface area (Å²) < 4.78 is 60.6. The van der Waals surface area contributed by atoms with Crippen LogP contribution in [0.3, 0.4) is 0 Å². The standard InChI is InChI=1S/C19H21F4N3O4/c1-9-5-25(6-10(2)24-9)15-13(20)4-11-14(17(15)30-3)26(8-19(21,22)23)7-12(16(11)27)18(28)29/h4,7,9-10,24H,5-6,8H2,1-3H3,(H,28,29). The highest BCUT2D eigenvalue weighted by Crippen LogP contribution is 2.39. The molecule has 0 saturated carbocycles. The topological polar surface area (TPSA) is 83.8 Å². The first-order valence-corrected chi connectivity index (χ1v) is 9.17. The number of carbonyl (C=O) groups is 1. The minimum atomic E-state index is -4.71. The number of hydrogen-bond donors (Lipinski definition) is 2. The molecule has 0 bridgehead atoms. The van der Waals surface area contributed by atoms with Crippen molar-refractivity contribution < 1.29 is 32.2 Å². The van der Waals surface area contributed by atoms with E-state index in [0.29, 0.717) is 23.9 Å². The molecule has 2 heterocycles. The molecule has 0 amide bonds. The molecular weight excluding hydrogens is 410 g/mol. The normalized spacial score (nSPS) is 19.9. The Bertz CT molecular complexity index is 1040. The number of rotatable bonds is 4. The number of pyridine rings is 1. The van der Waals surface area contributed by atoms with Gasteiger partial charge in [0.2, 0.25) is 5.43 Å². The van der Waals surface area contributed by atoms with Gasteiger partial charge in [-0.15, -0.1) is 0 Å². The number of aromatic nitrogens is 1. The zero-order chi connectivity index (χ0) is 22.4. The zero-order valence-corrected chi connectivity index (χ0v) is 16.5. The fourth-order valence-corrected chi connectivity index (χ4v) is 3.96. The third-order valence-electron chi connectivity index (χ3n) is 4.90. The Labute approximate surface area is 168 Å². The fourth-order valence-electron chi connectivity index (χ4n) is 3.96. The van der Waals surface area contributed by atoms with Crippen molar-refractivity contribution in [3.63, 3.8) is 0 Å². The molecule has 0 radical (unpaired) electrons. The lowest BCUT2D eigenvalue weighted by atomic mass is 10.1. The van der Waals surface area contributed by atoms with E-state index in [9.17, 15) is 27.9 Å². The van der Waals surface area contributed by atoms with E-state index in [4.69, 9.17) is 4.74 Å². The van der Waals surface area contributed by atoms with Crippen LogP contribution in [0.1, 0.15) is 24.2 Å². The second-order valence-corrected chi connectivity index (χ2v) is 7.43. The molecule has 1 fully saturated rings.